The molecule has 3 heterocycles. The van der Waals surface area contributed by atoms with Crippen molar-refractivity contribution in [1.82, 2.24) is 9.88 Å². The summed E-state index contributed by atoms with van der Waals surface area (Å²) in [6.07, 6.45) is 2.95. The third kappa shape index (κ3) is 3.27. The molecule has 0 N–H and O–H groups in total. The molecular weight excluding hydrogens is 358 g/mol. The molecule has 1 saturated heterocycles. The zero-order valence-corrected chi connectivity index (χ0v) is 16.8. The number of ether oxygens (including phenoxy) is 2. The van der Waals surface area contributed by atoms with Gasteiger partial charge in [-0.1, -0.05) is 30.8 Å². The molecule has 0 bridgehead atoms. The highest BCUT2D eigenvalue weighted by molar-refractivity contribution is 8.14. The van der Waals surface area contributed by atoms with E-state index in [0.29, 0.717) is 12.6 Å². The topological polar surface area (TPSA) is 47.0 Å². The van der Waals surface area contributed by atoms with E-state index < -0.39 is 0 Å². The summed E-state index contributed by atoms with van der Waals surface area (Å²) in [6.45, 7) is 4.84. The van der Waals surface area contributed by atoms with Crippen LogP contribution in [0.3, 0.4) is 0 Å². The molecule has 3 atom stereocenters. The largest absolute Gasteiger partial charge is 0.493 e. The van der Waals surface area contributed by atoms with Crippen LogP contribution >= 0.6 is 11.8 Å². The van der Waals surface area contributed by atoms with Crippen molar-refractivity contribution < 1.29 is 9.47 Å². The normalized spacial score (nSPS) is 23.9. The van der Waals surface area contributed by atoms with Gasteiger partial charge in [-0.25, -0.2) is 0 Å². The van der Waals surface area contributed by atoms with Crippen LogP contribution in [-0.4, -0.2) is 40.6 Å². The first kappa shape index (κ1) is 18.2. The number of thioether (sulfide) groups is 1. The first-order valence-corrected chi connectivity index (χ1v) is 10.5. The van der Waals surface area contributed by atoms with Crippen LogP contribution in [0.1, 0.15) is 43.6 Å². The van der Waals surface area contributed by atoms with Crippen LogP contribution in [0.4, 0.5) is 0 Å². The highest BCUT2D eigenvalue weighted by atomic mass is 32.2. The smallest absolute Gasteiger partial charge is 0.161 e. The summed E-state index contributed by atoms with van der Waals surface area (Å²) in [5.41, 5.74) is 2.20. The van der Waals surface area contributed by atoms with E-state index >= 15 is 0 Å². The average Bonchev–Trinajstić information content (AvgIpc) is 3.28. The zero-order valence-electron chi connectivity index (χ0n) is 16.0. The molecule has 0 spiro atoms. The number of pyridine rings is 1. The van der Waals surface area contributed by atoms with Gasteiger partial charge in [0.2, 0.25) is 0 Å². The van der Waals surface area contributed by atoms with Crippen molar-refractivity contribution in [3.8, 4) is 11.5 Å². The van der Waals surface area contributed by atoms with E-state index in [4.69, 9.17) is 14.5 Å². The number of hydrogen-bond acceptors (Lipinski definition) is 6. The summed E-state index contributed by atoms with van der Waals surface area (Å²) < 4.78 is 11.3. The second-order valence-electron chi connectivity index (χ2n) is 6.68. The second kappa shape index (κ2) is 7.80. The van der Waals surface area contributed by atoms with Gasteiger partial charge in [0, 0.05) is 18.0 Å². The molecule has 5 nitrogen and oxygen atoms in total. The van der Waals surface area contributed by atoms with Gasteiger partial charge < -0.3 is 14.4 Å². The first-order valence-electron chi connectivity index (χ1n) is 9.47. The molecule has 0 unspecified atom stereocenters. The van der Waals surface area contributed by atoms with Crippen molar-refractivity contribution in [3.05, 3.63) is 53.9 Å². The lowest BCUT2D eigenvalue weighted by atomic mass is 9.95. The Balaban J connectivity index is 1.78. The lowest BCUT2D eigenvalue weighted by molar-refractivity contribution is 0.253. The quantitative estimate of drug-likeness (QED) is 0.737. The maximum Gasteiger partial charge on any atom is 0.161 e. The molecular formula is C21H25N3O2S. The summed E-state index contributed by atoms with van der Waals surface area (Å²) in [6, 6.07) is 12.9. The number of amidine groups is 1. The summed E-state index contributed by atoms with van der Waals surface area (Å²) in [4.78, 5) is 12.2. The lowest BCUT2D eigenvalue weighted by Crippen LogP contribution is -2.35. The predicted molar refractivity (Wildman–Crippen MR) is 110 cm³/mol. The Hall–Kier alpha value is -2.21. The highest BCUT2D eigenvalue weighted by Gasteiger charge is 2.45. The van der Waals surface area contributed by atoms with E-state index in [-0.39, 0.29) is 12.1 Å². The minimum atomic E-state index is -0.00841. The van der Waals surface area contributed by atoms with E-state index in [1.165, 1.54) is 5.56 Å². The van der Waals surface area contributed by atoms with Gasteiger partial charge in [-0.15, -0.1) is 0 Å². The average molecular weight is 384 g/mol. The van der Waals surface area contributed by atoms with Crippen molar-refractivity contribution in [2.45, 2.75) is 38.4 Å². The van der Waals surface area contributed by atoms with Gasteiger partial charge in [0.1, 0.15) is 6.04 Å². The summed E-state index contributed by atoms with van der Waals surface area (Å²) in [5, 5.41) is 1.14. The van der Waals surface area contributed by atoms with Crippen LogP contribution in [0.15, 0.2) is 47.6 Å². The standard InChI is InChI=1S/C21H25N3O2S/c1-4-15-13-27-21-23-19(16-8-6-7-11-22-16)20(24(15)21)14-9-10-17(25-3)18(12-14)26-5-2/h6-12,15,19-20H,4-5,13H2,1-3H3/t15-,19-,20+/m1/s1. The fourth-order valence-corrected chi connectivity index (χ4v) is 5.19. The summed E-state index contributed by atoms with van der Waals surface area (Å²) in [7, 11) is 1.68. The van der Waals surface area contributed by atoms with Gasteiger partial charge in [-0.2, -0.15) is 0 Å². The molecule has 2 aliphatic rings. The number of rotatable bonds is 6. The third-order valence-corrected chi connectivity index (χ3v) is 6.28. The van der Waals surface area contributed by atoms with Crippen LogP contribution < -0.4 is 9.47 Å². The molecule has 142 valence electrons. The molecule has 1 fully saturated rings. The number of nitrogens with zero attached hydrogens (tertiary/aromatic N) is 3. The Morgan fingerprint density at radius 2 is 2.07 bits per heavy atom. The number of aromatic nitrogens is 1. The molecule has 0 radical (unpaired) electrons. The minimum absolute atomic E-state index is 0.00841. The summed E-state index contributed by atoms with van der Waals surface area (Å²) >= 11 is 1.86. The second-order valence-corrected chi connectivity index (χ2v) is 7.67. The molecule has 0 amide bonds. The van der Waals surface area contributed by atoms with E-state index in [1.807, 2.05) is 43.1 Å². The molecule has 1 aromatic heterocycles. The molecule has 4 rings (SSSR count). The maximum absolute atomic E-state index is 5.83. The Kier molecular flexibility index (Phi) is 5.25. The van der Waals surface area contributed by atoms with Gasteiger partial charge >= 0.3 is 0 Å². The molecule has 0 aliphatic carbocycles. The SMILES string of the molecule is CCOc1cc([C@H]2[C@@H](c3ccccn3)N=C3SC[C@@H](CC)N32)ccc1OC. The van der Waals surface area contributed by atoms with Gasteiger partial charge in [-0.05, 0) is 43.2 Å². The monoisotopic (exact) mass is 383 g/mol. The molecule has 2 aliphatic heterocycles. The molecule has 1 aromatic carbocycles. The Morgan fingerprint density at radius 1 is 1.19 bits per heavy atom. The van der Waals surface area contributed by atoms with Crippen LogP contribution in [0.2, 0.25) is 0 Å². The Labute approximate surface area is 164 Å². The number of methoxy groups -OCH3 is 1. The fourth-order valence-electron chi connectivity index (χ4n) is 3.86. The number of hydrogen-bond donors (Lipinski definition) is 0. The molecule has 27 heavy (non-hydrogen) atoms. The number of benzene rings is 1. The van der Waals surface area contributed by atoms with Crippen LogP contribution in [0, 0.1) is 0 Å². The van der Waals surface area contributed by atoms with Crippen molar-refractivity contribution >= 4 is 16.9 Å². The molecule has 6 heteroatoms. The summed E-state index contributed by atoms with van der Waals surface area (Å²) in [5.74, 6) is 2.64. The number of fused-ring (bicyclic) bond motifs is 1. The van der Waals surface area contributed by atoms with Crippen LogP contribution in [-0.2, 0) is 0 Å². The minimum Gasteiger partial charge on any atom is -0.493 e. The molecule has 2 aromatic rings. The first-order chi connectivity index (χ1) is 13.3. The lowest BCUT2D eigenvalue weighted by Gasteiger charge is -2.32. The predicted octanol–water partition coefficient (Wildman–Crippen LogP) is 4.47. The molecule has 0 saturated carbocycles. The Bertz CT molecular complexity index is 827. The van der Waals surface area contributed by atoms with Gasteiger partial charge in [-0.3, -0.25) is 9.98 Å². The van der Waals surface area contributed by atoms with Gasteiger partial charge in [0.15, 0.2) is 16.7 Å². The fraction of sp³-hybridized carbons (Fsp3) is 0.429. The van der Waals surface area contributed by atoms with E-state index in [1.54, 1.807) is 7.11 Å². The van der Waals surface area contributed by atoms with E-state index in [9.17, 15) is 0 Å². The van der Waals surface area contributed by atoms with E-state index in [0.717, 1.165) is 34.5 Å². The maximum atomic E-state index is 5.83. The van der Waals surface area contributed by atoms with E-state index in [2.05, 4.69) is 35.0 Å². The van der Waals surface area contributed by atoms with Gasteiger partial charge in [0.25, 0.3) is 0 Å². The van der Waals surface area contributed by atoms with Crippen molar-refractivity contribution in [2.24, 2.45) is 4.99 Å². The van der Waals surface area contributed by atoms with Crippen molar-refractivity contribution in [1.29, 1.82) is 0 Å². The van der Waals surface area contributed by atoms with Crippen LogP contribution in [0.25, 0.3) is 0 Å². The zero-order chi connectivity index (χ0) is 18.8. The Morgan fingerprint density at radius 3 is 2.78 bits per heavy atom. The highest BCUT2D eigenvalue weighted by Crippen LogP contribution is 2.49. The van der Waals surface area contributed by atoms with Gasteiger partial charge in [0.05, 0.1) is 25.5 Å². The number of aliphatic imine (C=N–C) groups is 1. The van der Waals surface area contributed by atoms with Crippen LogP contribution in [0.5, 0.6) is 11.5 Å². The van der Waals surface area contributed by atoms with Crippen molar-refractivity contribution in [3.63, 3.8) is 0 Å². The van der Waals surface area contributed by atoms with Crippen molar-refractivity contribution in [2.75, 3.05) is 19.5 Å². The third-order valence-electron chi connectivity index (χ3n) is 5.16.